The van der Waals surface area contributed by atoms with E-state index in [0.717, 1.165) is 15.7 Å². The predicted molar refractivity (Wildman–Crippen MR) is 126 cm³/mol. The Labute approximate surface area is 199 Å². The van der Waals surface area contributed by atoms with E-state index in [-0.39, 0.29) is 5.91 Å². The van der Waals surface area contributed by atoms with Crippen molar-refractivity contribution in [2.75, 3.05) is 24.2 Å². The molecule has 0 unspecified atom stereocenters. The third-order valence-corrected chi connectivity index (χ3v) is 6.59. The fourth-order valence-electron chi connectivity index (χ4n) is 4.47. The van der Waals surface area contributed by atoms with Gasteiger partial charge in [0, 0.05) is 0 Å². The summed E-state index contributed by atoms with van der Waals surface area (Å²) in [5.41, 5.74) is 1.99. The standard InChI is InChI=1S/C25H21BrN2O5/c1-31-19-13-12-15(14-17(19)26)22-21-23(33-28(22)16-8-4-3-5-9-16)25(30)27(24(21)29)18-10-6-7-11-20(18)32-2/h3-14,21-23H,1-2H3/t21-,22-,23-/m1/s1. The summed E-state index contributed by atoms with van der Waals surface area (Å²) in [6, 6.07) is 21.5. The van der Waals surface area contributed by atoms with Gasteiger partial charge in [0.15, 0.2) is 6.10 Å². The Morgan fingerprint density at radius 2 is 1.55 bits per heavy atom. The fourth-order valence-corrected chi connectivity index (χ4v) is 5.03. The largest absolute Gasteiger partial charge is 0.496 e. The number of fused-ring (bicyclic) bond motifs is 1. The Bertz CT molecular complexity index is 1220. The molecule has 2 aliphatic heterocycles. The zero-order valence-electron chi connectivity index (χ0n) is 18.0. The van der Waals surface area contributed by atoms with Gasteiger partial charge in [-0.3, -0.25) is 14.4 Å². The molecule has 2 fully saturated rings. The van der Waals surface area contributed by atoms with Crippen molar-refractivity contribution >= 4 is 39.1 Å². The van der Waals surface area contributed by atoms with Gasteiger partial charge in [-0.15, -0.1) is 0 Å². The first-order valence-electron chi connectivity index (χ1n) is 10.4. The monoisotopic (exact) mass is 508 g/mol. The number of carbonyl (C=O) groups is 2. The highest BCUT2D eigenvalue weighted by molar-refractivity contribution is 9.10. The van der Waals surface area contributed by atoms with Gasteiger partial charge in [0.05, 0.1) is 36.1 Å². The number of ether oxygens (including phenoxy) is 2. The van der Waals surface area contributed by atoms with Crippen molar-refractivity contribution in [3.63, 3.8) is 0 Å². The van der Waals surface area contributed by atoms with E-state index in [2.05, 4.69) is 15.9 Å². The molecule has 0 N–H and O–H groups in total. The van der Waals surface area contributed by atoms with E-state index >= 15 is 0 Å². The van der Waals surface area contributed by atoms with Crippen molar-refractivity contribution in [2.45, 2.75) is 12.1 Å². The highest BCUT2D eigenvalue weighted by atomic mass is 79.9. The summed E-state index contributed by atoms with van der Waals surface area (Å²) in [5, 5.41) is 1.67. The van der Waals surface area contributed by atoms with Gasteiger partial charge in [-0.1, -0.05) is 36.4 Å². The number of hydroxylamine groups is 1. The van der Waals surface area contributed by atoms with Gasteiger partial charge < -0.3 is 9.47 Å². The van der Waals surface area contributed by atoms with Gasteiger partial charge in [0.2, 0.25) is 5.91 Å². The Kier molecular flexibility index (Phi) is 5.55. The van der Waals surface area contributed by atoms with Crippen LogP contribution in [0.1, 0.15) is 11.6 Å². The van der Waals surface area contributed by atoms with Gasteiger partial charge in [0.25, 0.3) is 5.91 Å². The number of halogens is 1. The summed E-state index contributed by atoms with van der Waals surface area (Å²) in [5.74, 6) is -0.355. The van der Waals surface area contributed by atoms with Crippen LogP contribution >= 0.6 is 15.9 Å². The van der Waals surface area contributed by atoms with Gasteiger partial charge in [-0.05, 0) is 57.9 Å². The maximum atomic E-state index is 13.7. The van der Waals surface area contributed by atoms with Gasteiger partial charge >= 0.3 is 0 Å². The lowest BCUT2D eigenvalue weighted by Gasteiger charge is -2.29. The molecular formula is C25H21BrN2O5. The number of para-hydroxylation sites is 3. The summed E-state index contributed by atoms with van der Waals surface area (Å²) in [7, 11) is 3.10. The first-order chi connectivity index (χ1) is 16.0. The molecule has 2 amide bonds. The van der Waals surface area contributed by atoms with Crippen molar-refractivity contribution in [1.29, 1.82) is 0 Å². The zero-order valence-corrected chi connectivity index (χ0v) is 19.6. The summed E-state index contributed by atoms with van der Waals surface area (Å²) >= 11 is 3.53. The molecule has 7 nitrogen and oxygen atoms in total. The molecule has 0 aliphatic carbocycles. The lowest BCUT2D eigenvalue weighted by Crippen LogP contribution is -2.37. The molecule has 2 heterocycles. The normalized spacial score (nSPS) is 22.0. The third-order valence-electron chi connectivity index (χ3n) is 5.97. The van der Waals surface area contributed by atoms with Crippen LogP contribution in [-0.4, -0.2) is 32.1 Å². The number of hydrogen-bond acceptors (Lipinski definition) is 6. The Morgan fingerprint density at radius 1 is 0.848 bits per heavy atom. The first kappa shape index (κ1) is 21.5. The quantitative estimate of drug-likeness (QED) is 0.472. The van der Waals surface area contributed by atoms with Crippen LogP contribution in [0.5, 0.6) is 11.5 Å². The Hall–Kier alpha value is -3.36. The molecule has 0 radical (unpaired) electrons. The van der Waals surface area contributed by atoms with Crippen LogP contribution in [0.3, 0.4) is 0 Å². The summed E-state index contributed by atoms with van der Waals surface area (Å²) in [4.78, 5) is 34.6. The van der Waals surface area contributed by atoms with Crippen LogP contribution in [0.4, 0.5) is 11.4 Å². The van der Waals surface area contributed by atoms with Crippen molar-refractivity contribution in [3.8, 4) is 11.5 Å². The second-order valence-corrected chi connectivity index (χ2v) is 8.59. The van der Waals surface area contributed by atoms with E-state index in [1.807, 2.05) is 48.5 Å². The molecule has 3 atom stereocenters. The number of carbonyl (C=O) groups excluding carboxylic acids is 2. The van der Waals surface area contributed by atoms with Crippen LogP contribution in [0.25, 0.3) is 0 Å². The minimum absolute atomic E-state index is 0.329. The molecular weight excluding hydrogens is 488 g/mol. The number of benzene rings is 3. The smallest absolute Gasteiger partial charge is 0.266 e. The lowest BCUT2D eigenvalue weighted by molar-refractivity contribution is -0.126. The van der Waals surface area contributed by atoms with Crippen molar-refractivity contribution in [3.05, 3.63) is 82.8 Å². The Balaban J connectivity index is 1.61. The molecule has 2 aliphatic rings. The third kappa shape index (κ3) is 3.46. The number of imide groups is 1. The highest BCUT2D eigenvalue weighted by Crippen LogP contribution is 2.49. The molecule has 8 heteroatoms. The van der Waals surface area contributed by atoms with E-state index in [1.54, 1.807) is 36.4 Å². The van der Waals surface area contributed by atoms with Crippen molar-refractivity contribution < 1.29 is 23.9 Å². The van der Waals surface area contributed by atoms with Crippen LogP contribution in [0, 0.1) is 5.92 Å². The Morgan fingerprint density at radius 3 is 2.24 bits per heavy atom. The maximum Gasteiger partial charge on any atom is 0.266 e. The maximum absolute atomic E-state index is 13.7. The molecule has 3 aromatic carbocycles. The SMILES string of the molecule is COc1ccc([C@@H]2[C@H]3C(=O)N(c4ccccc4OC)C(=O)[C@@H]3ON2c2ccccc2)cc1Br. The van der Waals surface area contributed by atoms with Crippen LogP contribution in [-0.2, 0) is 14.4 Å². The zero-order chi connectivity index (χ0) is 23.1. The number of nitrogens with zero attached hydrogens (tertiary/aromatic N) is 2. The van der Waals surface area contributed by atoms with E-state index in [0.29, 0.717) is 17.2 Å². The second-order valence-electron chi connectivity index (χ2n) is 7.74. The van der Waals surface area contributed by atoms with Crippen molar-refractivity contribution in [1.82, 2.24) is 0 Å². The number of hydrogen-bond donors (Lipinski definition) is 0. The molecule has 33 heavy (non-hydrogen) atoms. The van der Waals surface area contributed by atoms with Crippen LogP contribution < -0.4 is 19.4 Å². The first-order valence-corrected chi connectivity index (χ1v) is 11.2. The fraction of sp³-hybridized carbons (Fsp3) is 0.200. The van der Waals surface area contributed by atoms with E-state index in [4.69, 9.17) is 14.3 Å². The molecule has 3 aromatic rings. The van der Waals surface area contributed by atoms with E-state index < -0.39 is 24.0 Å². The lowest BCUT2D eigenvalue weighted by atomic mass is 9.90. The van der Waals surface area contributed by atoms with Crippen LogP contribution in [0.2, 0.25) is 0 Å². The molecule has 5 rings (SSSR count). The molecule has 0 aromatic heterocycles. The van der Waals surface area contributed by atoms with E-state index in [9.17, 15) is 9.59 Å². The summed E-state index contributed by atoms with van der Waals surface area (Å²) in [6.45, 7) is 0. The predicted octanol–water partition coefficient (Wildman–Crippen LogP) is 4.52. The molecule has 0 bridgehead atoms. The second kappa shape index (κ2) is 8.53. The summed E-state index contributed by atoms with van der Waals surface area (Å²) < 4.78 is 11.5. The molecule has 2 saturated heterocycles. The minimum atomic E-state index is -0.950. The topological polar surface area (TPSA) is 68.3 Å². The van der Waals surface area contributed by atoms with Gasteiger partial charge in [-0.25, -0.2) is 9.96 Å². The number of rotatable bonds is 5. The van der Waals surface area contributed by atoms with Crippen LogP contribution in [0.15, 0.2) is 77.3 Å². The molecule has 168 valence electrons. The van der Waals surface area contributed by atoms with Crippen molar-refractivity contribution in [2.24, 2.45) is 5.92 Å². The number of methoxy groups -OCH3 is 2. The molecule has 0 spiro atoms. The minimum Gasteiger partial charge on any atom is -0.496 e. The summed E-state index contributed by atoms with van der Waals surface area (Å²) in [6.07, 6.45) is -0.950. The number of amides is 2. The van der Waals surface area contributed by atoms with E-state index in [1.165, 1.54) is 12.0 Å². The average molecular weight is 509 g/mol. The van der Waals surface area contributed by atoms with Gasteiger partial charge in [-0.2, -0.15) is 0 Å². The number of anilines is 2. The highest BCUT2D eigenvalue weighted by Gasteiger charge is 2.60. The van der Waals surface area contributed by atoms with Gasteiger partial charge in [0.1, 0.15) is 17.4 Å². The molecule has 0 saturated carbocycles. The average Bonchev–Trinajstić information content (AvgIpc) is 3.35.